The van der Waals surface area contributed by atoms with Crippen molar-refractivity contribution in [3.05, 3.63) is 17.8 Å². The smallest absolute Gasteiger partial charge is 0.269 e. The standard InChI is InChI=1S/C9H15N5O/c1-9(2,5-10)12-7-4-3-6(8(11)15)13-14-7/h3-4H,5,10H2,1-2H3,(H2,11,15)(H,12,14). The van der Waals surface area contributed by atoms with Crippen LogP contribution in [0.1, 0.15) is 24.3 Å². The number of nitrogens with two attached hydrogens (primary N) is 2. The number of carbonyl (C=O) groups excluding carboxylic acids is 1. The molecule has 6 nitrogen and oxygen atoms in total. The summed E-state index contributed by atoms with van der Waals surface area (Å²) in [6.45, 7) is 4.35. The molecule has 0 saturated heterocycles. The van der Waals surface area contributed by atoms with E-state index in [2.05, 4.69) is 15.5 Å². The molecule has 0 aromatic carbocycles. The van der Waals surface area contributed by atoms with Gasteiger partial charge < -0.3 is 16.8 Å². The lowest BCUT2D eigenvalue weighted by atomic mass is 10.1. The van der Waals surface area contributed by atoms with E-state index in [4.69, 9.17) is 11.5 Å². The van der Waals surface area contributed by atoms with E-state index in [-0.39, 0.29) is 11.2 Å². The molecule has 15 heavy (non-hydrogen) atoms. The summed E-state index contributed by atoms with van der Waals surface area (Å²) in [6.07, 6.45) is 0. The fraction of sp³-hybridized carbons (Fsp3) is 0.444. The Hall–Kier alpha value is -1.69. The fourth-order valence-corrected chi connectivity index (χ4v) is 0.928. The SMILES string of the molecule is CC(C)(CN)Nc1ccc(C(N)=O)nn1. The lowest BCUT2D eigenvalue weighted by Gasteiger charge is -2.24. The summed E-state index contributed by atoms with van der Waals surface area (Å²) in [4.78, 5) is 10.7. The number of anilines is 1. The molecule has 0 radical (unpaired) electrons. The first kappa shape index (κ1) is 11.4. The van der Waals surface area contributed by atoms with E-state index in [0.717, 1.165) is 0 Å². The van der Waals surface area contributed by atoms with Crippen LogP contribution in [0, 0.1) is 0 Å². The van der Waals surface area contributed by atoms with E-state index < -0.39 is 5.91 Å². The van der Waals surface area contributed by atoms with Gasteiger partial charge in [-0.3, -0.25) is 4.79 Å². The molecular formula is C9H15N5O. The summed E-state index contributed by atoms with van der Waals surface area (Å²) < 4.78 is 0. The van der Waals surface area contributed by atoms with Crippen LogP contribution in [0.15, 0.2) is 12.1 Å². The Morgan fingerprint density at radius 1 is 1.47 bits per heavy atom. The van der Waals surface area contributed by atoms with E-state index in [9.17, 15) is 4.79 Å². The summed E-state index contributed by atoms with van der Waals surface area (Å²) in [7, 11) is 0. The largest absolute Gasteiger partial charge is 0.364 e. The average Bonchev–Trinajstić information content (AvgIpc) is 2.18. The molecule has 0 saturated carbocycles. The zero-order valence-corrected chi connectivity index (χ0v) is 8.82. The van der Waals surface area contributed by atoms with Crippen molar-refractivity contribution >= 4 is 11.7 Å². The van der Waals surface area contributed by atoms with Gasteiger partial charge in [-0.2, -0.15) is 0 Å². The van der Waals surface area contributed by atoms with Crippen molar-refractivity contribution < 1.29 is 4.79 Å². The van der Waals surface area contributed by atoms with Gasteiger partial charge in [-0.05, 0) is 26.0 Å². The maximum absolute atomic E-state index is 10.7. The van der Waals surface area contributed by atoms with Crippen molar-refractivity contribution in [2.45, 2.75) is 19.4 Å². The predicted octanol–water partition coefficient (Wildman–Crippen LogP) is -0.275. The van der Waals surface area contributed by atoms with Crippen LogP contribution in [0.5, 0.6) is 0 Å². The second kappa shape index (κ2) is 4.22. The van der Waals surface area contributed by atoms with Crippen molar-refractivity contribution in [1.82, 2.24) is 10.2 Å². The minimum Gasteiger partial charge on any atom is -0.364 e. The van der Waals surface area contributed by atoms with Gasteiger partial charge in [-0.1, -0.05) is 0 Å². The molecule has 0 aliphatic rings. The van der Waals surface area contributed by atoms with Crippen LogP contribution in [-0.2, 0) is 0 Å². The number of rotatable bonds is 4. The van der Waals surface area contributed by atoms with Crippen LogP contribution < -0.4 is 16.8 Å². The lowest BCUT2D eigenvalue weighted by Crippen LogP contribution is -2.39. The summed E-state index contributed by atoms with van der Waals surface area (Å²) in [5.41, 5.74) is 10.5. The Kier molecular flexibility index (Phi) is 3.21. The number of nitrogens with one attached hydrogen (secondary N) is 1. The molecule has 0 unspecified atom stereocenters. The van der Waals surface area contributed by atoms with Crippen LogP contribution in [0.25, 0.3) is 0 Å². The van der Waals surface area contributed by atoms with E-state index in [1.165, 1.54) is 6.07 Å². The number of carbonyl (C=O) groups is 1. The highest BCUT2D eigenvalue weighted by Gasteiger charge is 2.15. The molecule has 1 amide bonds. The highest BCUT2D eigenvalue weighted by atomic mass is 16.1. The monoisotopic (exact) mass is 209 g/mol. The summed E-state index contributed by atoms with van der Waals surface area (Å²) >= 11 is 0. The van der Waals surface area contributed by atoms with Gasteiger partial charge in [0.15, 0.2) is 5.69 Å². The molecule has 6 heteroatoms. The number of nitrogens with zero attached hydrogens (tertiary/aromatic N) is 2. The van der Waals surface area contributed by atoms with Crippen molar-refractivity contribution in [2.75, 3.05) is 11.9 Å². The molecule has 0 spiro atoms. The van der Waals surface area contributed by atoms with Crippen molar-refractivity contribution in [3.8, 4) is 0 Å². The van der Waals surface area contributed by atoms with E-state index in [1.807, 2.05) is 13.8 Å². The van der Waals surface area contributed by atoms with Gasteiger partial charge in [0, 0.05) is 12.1 Å². The molecule has 0 aliphatic heterocycles. The van der Waals surface area contributed by atoms with E-state index in [1.54, 1.807) is 6.07 Å². The normalized spacial score (nSPS) is 11.1. The fourth-order valence-electron chi connectivity index (χ4n) is 0.928. The molecule has 1 rings (SSSR count). The lowest BCUT2D eigenvalue weighted by molar-refractivity contribution is 0.0994. The first-order valence-electron chi connectivity index (χ1n) is 4.56. The van der Waals surface area contributed by atoms with Gasteiger partial charge >= 0.3 is 0 Å². The Bertz CT molecular complexity index is 346. The third-order valence-electron chi connectivity index (χ3n) is 1.89. The summed E-state index contributed by atoms with van der Waals surface area (Å²) in [5.74, 6) is -0.0254. The van der Waals surface area contributed by atoms with Crippen LogP contribution >= 0.6 is 0 Å². The van der Waals surface area contributed by atoms with Gasteiger partial charge in [0.25, 0.3) is 5.91 Å². The number of hydrogen-bond donors (Lipinski definition) is 3. The predicted molar refractivity (Wildman–Crippen MR) is 57.3 cm³/mol. The summed E-state index contributed by atoms with van der Waals surface area (Å²) in [5, 5.41) is 10.6. The average molecular weight is 209 g/mol. The third-order valence-corrected chi connectivity index (χ3v) is 1.89. The molecule has 0 aliphatic carbocycles. The summed E-state index contributed by atoms with van der Waals surface area (Å²) in [6, 6.07) is 3.16. The van der Waals surface area contributed by atoms with Crippen molar-refractivity contribution in [1.29, 1.82) is 0 Å². The maximum atomic E-state index is 10.7. The second-order valence-electron chi connectivity index (χ2n) is 3.88. The molecule has 1 heterocycles. The zero-order chi connectivity index (χ0) is 11.5. The highest BCUT2D eigenvalue weighted by Crippen LogP contribution is 2.10. The maximum Gasteiger partial charge on any atom is 0.269 e. The molecule has 0 fully saturated rings. The van der Waals surface area contributed by atoms with Gasteiger partial charge in [0.05, 0.1) is 0 Å². The molecule has 1 aromatic rings. The minimum absolute atomic E-state index is 0.145. The van der Waals surface area contributed by atoms with Crippen molar-refractivity contribution in [2.24, 2.45) is 11.5 Å². The van der Waals surface area contributed by atoms with Crippen LogP contribution in [0.4, 0.5) is 5.82 Å². The number of hydrogen-bond acceptors (Lipinski definition) is 5. The van der Waals surface area contributed by atoms with Crippen LogP contribution in [0.3, 0.4) is 0 Å². The van der Waals surface area contributed by atoms with Gasteiger partial charge in [0.1, 0.15) is 5.82 Å². The van der Waals surface area contributed by atoms with Crippen LogP contribution in [-0.4, -0.2) is 28.2 Å². The Labute approximate surface area is 88.1 Å². The number of aromatic nitrogens is 2. The zero-order valence-electron chi connectivity index (χ0n) is 8.82. The first-order valence-corrected chi connectivity index (χ1v) is 4.56. The van der Waals surface area contributed by atoms with Gasteiger partial charge in [-0.15, -0.1) is 10.2 Å². The Morgan fingerprint density at radius 2 is 2.13 bits per heavy atom. The van der Waals surface area contributed by atoms with Crippen molar-refractivity contribution in [3.63, 3.8) is 0 Å². The number of amides is 1. The van der Waals surface area contributed by atoms with E-state index in [0.29, 0.717) is 12.4 Å². The number of primary amides is 1. The third kappa shape index (κ3) is 3.17. The van der Waals surface area contributed by atoms with E-state index >= 15 is 0 Å². The van der Waals surface area contributed by atoms with Crippen LogP contribution in [0.2, 0.25) is 0 Å². The second-order valence-corrected chi connectivity index (χ2v) is 3.88. The highest BCUT2D eigenvalue weighted by molar-refractivity contribution is 5.90. The molecule has 5 N–H and O–H groups in total. The molecule has 82 valence electrons. The molecule has 0 bridgehead atoms. The molecular weight excluding hydrogens is 194 g/mol. The molecule has 1 aromatic heterocycles. The Balaban J connectivity index is 2.77. The molecule has 0 atom stereocenters. The minimum atomic E-state index is -0.591. The first-order chi connectivity index (χ1) is 6.94. The topological polar surface area (TPSA) is 107 Å². The Morgan fingerprint density at radius 3 is 2.53 bits per heavy atom. The quantitative estimate of drug-likeness (QED) is 0.632. The van der Waals surface area contributed by atoms with Gasteiger partial charge in [0.2, 0.25) is 0 Å². The van der Waals surface area contributed by atoms with Gasteiger partial charge in [-0.25, -0.2) is 0 Å².